The average Bonchev–Trinajstić information content (AvgIpc) is 2.83. The van der Waals surface area contributed by atoms with Crippen LogP contribution >= 0.6 is 11.8 Å². The maximum atomic E-state index is 5.76. The van der Waals surface area contributed by atoms with Gasteiger partial charge in [-0.3, -0.25) is 0 Å². The van der Waals surface area contributed by atoms with Crippen LogP contribution in [-0.2, 0) is 6.54 Å². The van der Waals surface area contributed by atoms with Crippen LogP contribution in [0.25, 0.3) is 11.4 Å². The predicted octanol–water partition coefficient (Wildman–Crippen LogP) is 1.69. The van der Waals surface area contributed by atoms with Gasteiger partial charge in [-0.15, -0.1) is 0 Å². The molecule has 2 heterocycles. The van der Waals surface area contributed by atoms with Gasteiger partial charge in [0, 0.05) is 17.1 Å². The summed E-state index contributed by atoms with van der Waals surface area (Å²) in [6, 6.07) is 7.70. The Bertz CT molecular complexity index is 522. The highest BCUT2D eigenvalue weighted by Gasteiger charge is 2.19. The number of hydrogen-bond donors (Lipinski definition) is 1. The van der Waals surface area contributed by atoms with Gasteiger partial charge in [0.1, 0.15) is 11.9 Å². The third-order valence-corrected chi connectivity index (χ3v) is 3.88. The molecule has 1 saturated heterocycles. The highest BCUT2D eigenvalue weighted by molar-refractivity contribution is 8.00. The van der Waals surface area contributed by atoms with E-state index < -0.39 is 0 Å². The summed E-state index contributed by atoms with van der Waals surface area (Å²) in [6.45, 7) is 0.257. The van der Waals surface area contributed by atoms with Gasteiger partial charge in [-0.1, -0.05) is 5.16 Å². The van der Waals surface area contributed by atoms with Crippen molar-refractivity contribution >= 4 is 11.8 Å². The molecular weight excluding hydrogens is 250 g/mol. The van der Waals surface area contributed by atoms with Crippen LogP contribution in [0.2, 0.25) is 0 Å². The first kappa shape index (κ1) is 11.6. The fourth-order valence-electron chi connectivity index (χ4n) is 1.61. The molecule has 0 aliphatic carbocycles. The van der Waals surface area contributed by atoms with E-state index in [0.717, 1.165) is 22.8 Å². The number of nitrogens with zero attached hydrogens (tertiary/aromatic N) is 2. The summed E-state index contributed by atoms with van der Waals surface area (Å²) in [5.74, 6) is 4.03. The van der Waals surface area contributed by atoms with Crippen molar-refractivity contribution < 1.29 is 9.26 Å². The average molecular weight is 263 g/mol. The summed E-state index contributed by atoms with van der Waals surface area (Å²) >= 11 is 1.90. The molecular formula is C12H13N3O2S. The number of rotatable bonds is 4. The second-order valence-corrected chi connectivity index (χ2v) is 5.09. The van der Waals surface area contributed by atoms with Gasteiger partial charge in [-0.25, -0.2) is 0 Å². The Balaban J connectivity index is 1.73. The van der Waals surface area contributed by atoms with Gasteiger partial charge in [0.2, 0.25) is 11.7 Å². The lowest BCUT2D eigenvalue weighted by Gasteiger charge is -2.25. The Morgan fingerprint density at radius 2 is 2.11 bits per heavy atom. The van der Waals surface area contributed by atoms with E-state index in [1.54, 1.807) is 0 Å². The highest BCUT2D eigenvalue weighted by atomic mass is 32.2. The largest absolute Gasteiger partial charge is 0.489 e. The van der Waals surface area contributed by atoms with Gasteiger partial charge in [0.15, 0.2) is 0 Å². The lowest BCUT2D eigenvalue weighted by atomic mass is 10.2. The Hall–Kier alpha value is -1.53. The number of benzene rings is 1. The van der Waals surface area contributed by atoms with Crippen molar-refractivity contribution in [2.75, 3.05) is 11.5 Å². The SMILES string of the molecule is NCc1nc(-c2ccc(OC3CSC3)cc2)no1. The van der Waals surface area contributed by atoms with Crippen LogP contribution in [0.15, 0.2) is 28.8 Å². The molecule has 3 rings (SSSR count). The first-order chi connectivity index (χ1) is 8.85. The number of nitrogens with two attached hydrogens (primary N) is 1. The van der Waals surface area contributed by atoms with E-state index in [-0.39, 0.29) is 6.54 Å². The summed E-state index contributed by atoms with van der Waals surface area (Å²) in [5.41, 5.74) is 6.32. The number of aromatic nitrogens is 2. The second-order valence-electron chi connectivity index (χ2n) is 4.02. The molecule has 2 N–H and O–H groups in total. The molecule has 18 heavy (non-hydrogen) atoms. The van der Waals surface area contributed by atoms with Crippen molar-refractivity contribution in [3.05, 3.63) is 30.2 Å². The van der Waals surface area contributed by atoms with Crippen molar-refractivity contribution in [3.63, 3.8) is 0 Å². The minimum absolute atomic E-state index is 0.257. The first-order valence-corrected chi connectivity index (χ1v) is 6.88. The molecule has 2 aromatic rings. The summed E-state index contributed by atoms with van der Waals surface area (Å²) in [4.78, 5) is 4.17. The topological polar surface area (TPSA) is 74.2 Å². The van der Waals surface area contributed by atoms with E-state index in [0.29, 0.717) is 17.8 Å². The maximum absolute atomic E-state index is 5.76. The lowest BCUT2D eigenvalue weighted by molar-refractivity contribution is 0.240. The van der Waals surface area contributed by atoms with E-state index in [9.17, 15) is 0 Å². The standard InChI is InChI=1S/C12H13N3O2S/c13-5-11-14-12(15-17-11)8-1-3-9(4-2-8)16-10-6-18-7-10/h1-4,10H,5-7,13H2. The van der Waals surface area contributed by atoms with Crippen molar-refractivity contribution in [2.45, 2.75) is 12.6 Å². The van der Waals surface area contributed by atoms with E-state index >= 15 is 0 Å². The van der Waals surface area contributed by atoms with E-state index in [2.05, 4.69) is 10.1 Å². The van der Waals surface area contributed by atoms with Gasteiger partial charge < -0.3 is 15.0 Å². The lowest BCUT2D eigenvalue weighted by Crippen LogP contribution is -2.30. The Labute approximate surface area is 109 Å². The number of thioether (sulfide) groups is 1. The number of hydrogen-bond acceptors (Lipinski definition) is 6. The zero-order chi connectivity index (χ0) is 12.4. The maximum Gasteiger partial charge on any atom is 0.240 e. The predicted molar refractivity (Wildman–Crippen MR) is 69.4 cm³/mol. The molecule has 0 atom stereocenters. The Morgan fingerprint density at radius 3 is 2.67 bits per heavy atom. The molecule has 5 nitrogen and oxygen atoms in total. The molecule has 1 fully saturated rings. The van der Waals surface area contributed by atoms with Crippen molar-refractivity contribution in [1.82, 2.24) is 10.1 Å². The molecule has 0 radical (unpaired) electrons. The zero-order valence-electron chi connectivity index (χ0n) is 9.70. The van der Waals surface area contributed by atoms with E-state index in [1.807, 2.05) is 36.0 Å². The summed E-state index contributed by atoms with van der Waals surface area (Å²) in [6.07, 6.45) is 0.356. The van der Waals surface area contributed by atoms with Gasteiger partial charge in [-0.05, 0) is 24.3 Å². The summed E-state index contributed by atoms with van der Waals surface area (Å²) in [5, 5.41) is 3.86. The molecule has 1 aliphatic heterocycles. The molecule has 1 aliphatic rings. The molecule has 0 spiro atoms. The monoisotopic (exact) mass is 263 g/mol. The van der Waals surface area contributed by atoms with E-state index in [4.69, 9.17) is 15.0 Å². The van der Waals surface area contributed by atoms with Crippen LogP contribution in [0, 0.1) is 0 Å². The molecule has 6 heteroatoms. The minimum atomic E-state index is 0.257. The zero-order valence-corrected chi connectivity index (χ0v) is 10.5. The summed E-state index contributed by atoms with van der Waals surface area (Å²) < 4.78 is 10.7. The van der Waals surface area contributed by atoms with Crippen LogP contribution in [0.3, 0.4) is 0 Å². The fraction of sp³-hybridized carbons (Fsp3) is 0.333. The third kappa shape index (κ3) is 2.34. The van der Waals surface area contributed by atoms with Crippen LogP contribution in [0.5, 0.6) is 5.75 Å². The second kappa shape index (κ2) is 4.99. The van der Waals surface area contributed by atoms with Gasteiger partial charge >= 0.3 is 0 Å². The van der Waals surface area contributed by atoms with Crippen LogP contribution < -0.4 is 10.5 Å². The van der Waals surface area contributed by atoms with Crippen LogP contribution in [0.1, 0.15) is 5.89 Å². The van der Waals surface area contributed by atoms with Crippen LogP contribution in [0.4, 0.5) is 0 Å². The Kier molecular flexibility index (Phi) is 3.21. The van der Waals surface area contributed by atoms with Crippen molar-refractivity contribution in [1.29, 1.82) is 0 Å². The Morgan fingerprint density at radius 1 is 1.33 bits per heavy atom. The van der Waals surface area contributed by atoms with Gasteiger partial charge in [-0.2, -0.15) is 16.7 Å². The highest BCUT2D eigenvalue weighted by Crippen LogP contribution is 2.25. The molecule has 0 amide bonds. The normalized spacial score (nSPS) is 15.4. The quantitative estimate of drug-likeness (QED) is 0.904. The van der Waals surface area contributed by atoms with Crippen LogP contribution in [-0.4, -0.2) is 27.8 Å². The summed E-state index contributed by atoms with van der Waals surface area (Å²) in [7, 11) is 0. The molecule has 1 aromatic heterocycles. The van der Waals surface area contributed by atoms with Crippen molar-refractivity contribution in [2.24, 2.45) is 5.73 Å². The third-order valence-electron chi connectivity index (χ3n) is 2.67. The molecule has 1 aromatic carbocycles. The molecule has 94 valence electrons. The fourth-order valence-corrected chi connectivity index (χ4v) is 2.18. The molecule has 0 unspecified atom stereocenters. The minimum Gasteiger partial charge on any atom is -0.489 e. The van der Waals surface area contributed by atoms with Crippen molar-refractivity contribution in [3.8, 4) is 17.1 Å². The van der Waals surface area contributed by atoms with Gasteiger partial charge in [0.05, 0.1) is 6.54 Å². The van der Waals surface area contributed by atoms with E-state index in [1.165, 1.54) is 0 Å². The van der Waals surface area contributed by atoms with Gasteiger partial charge in [0.25, 0.3) is 0 Å². The first-order valence-electron chi connectivity index (χ1n) is 5.72. The number of ether oxygens (including phenoxy) is 1. The molecule has 0 saturated carbocycles. The molecule has 0 bridgehead atoms. The smallest absolute Gasteiger partial charge is 0.240 e.